The van der Waals surface area contributed by atoms with Crippen LogP contribution in [-0.4, -0.2) is 16.3 Å². The van der Waals surface area contributed by atoms with Crippen LogP contribution in [0.3, 0.4) is 0 Å². The van der Waals surface area contributed by atoms with Crippen molar-refractivity contribution in [3.05, 3.63) is 18.0 Å². The number of nitrogens with one attached hydrogen (secondary N) is 1. The lowest BCUT2D eigenvalue weighted by Gasteiger charge is -2.26. The standard InChI is InChI=1S/C16H31N3/c1-5-9-14(10-6-2)16(17-8-4)15-12-18-19(13-15)11-7-3/h12-14,16-17H,5-11H2,1-4H3. The Morgan fingerprint density at radius 1 is 1.11 bits per heavy atom. The number of rotatable bonds is 10. The topological polar surface area (TPSA) is 29.9 Å². The Kier molecular flexibility index (Phi) is 7.80. The molecule has 3 heteroatoms. The van der Waals surface area contributed by atoms with Crippen LogP contribution in [-0.2, 0) is 6.54 Å². The molecular weight excluding hydrogens is 234 g/mol. The average Bonchev–Trinajstić information content (AvgIpc) is 2.85. The number of aromatic nitrogens is 2. The highest BCUT2D eigenvalue weighted by Crippen LogP contribution is 2.29. The minimum absolute atomic E-state index is 0.468. The highest BCUT2D eigenvalue weighted by Gasteiger charge is 2.22. The molecule has 0 aliphatic rings. The third kappa shape index (κ3) is 4.98. The Morgan fingerprint density at radius 3 is 2.32 bits per heavy atom. The van der Waals surface area contributed by atoms with E-state index in [1.54, 1.807) is 0 Å². The van der Waals surface area contributed by atoms with Gasteiger partial charge in [-0.25, -0.2) is 0 Å². The molecule has 1 aromatic rings. The van der Waals surface area contributed by atoms with Crippen molar-refractivity contribution < 1.29 is 0 Å². The van der Waals surface area contributed by atoms with Crippen molar-refractivity contribution in [2.45, 2.75) is 72.4 Å². The normalized spacial score (nSPS) is 13.1. The fourth-order valence-corrected chi connectivity index (χ4v) is 2.89. The van der Waals surface area contributed by atoms with Crippen molar-refractivity contribution in [1.29, 1.82) is 0 Å². The van der Waals surface area contributed by atoms with Gasteiger partial charge in [-0.15, -0.1) is 0 Å². The van der Waals surface area contributed by atoms with E-state index in [2.05, 4.69) is 55.2 Å². The largest absolute Gasteiger partial charge is 0.310 e. The fraction of sp³-hybridized carbons (Fsp3) is 0.812. The fourth-order valence-electron chi connectivity index (χ4n) is 2.89. The molecule has 19 heavy (non-hydrogen) atoms. The smallest absolute Gasteiger partial charge is 0.0537 e. The maximum absolute atomic E-state index is 4.49. The molecule has 1 N–H and O–H groups in total. The molecule has 0 aromatic carbocycles. The van der Waals surface area contributed by atoms with Gasteiger partial charge in [-0.1, -0.05) is 40.5 Å². The molecule has 0 radical (unpaired) electrons. The van der Waals surface area contributed by atoms with E-state index in [1.165, 1.54) is 31.2 Å². The molecule has 1 unspecified atom stereocenters. The third-order valence-electron chi connectivity index (χ3n) is 3.68. The second kappa shape index (κ2) is 9.13. The van der Waals surface area contributed by atoms with Gasteiger partial charge in [0.05, 0.1) is 6.20 Å². The molecular formula is C16H31N3. The molecule has 0 aliphatic heterocycles. The SMILES string of the molecule is CCCC(CCC)C(NCC)c1cnn(CCC)c1. The zero-order valence-electron chi connectivity index (χ0n) is 13.2. The van der Waals surface area contributed by atoms with Crippen molar-refractivity contribution in [2.24, 2.45) is 5.92 Å². The van der Waals surface area contributed by atoms with Crippen molar-refractivity contribution in [1.82, 2.24) is 15.1 Å². The Bertz CT molecular complexity index is 326. The first-order valence-electron chi connectivity index (χ1n) is 8.02. The van der Waals surface area contributed by atoms with Gasteiger partial charge in [0.2, 0.25) is 0 Å². The molecule has 0 spiro atoms. The van der Waals surface area contributed by atoms with Gasteiger partial charge in [0.25, 0.3) is 0 Å². The summed E-state index contributed by atoms with van der Waals surface area (Å²) in [5.74, 6) is 0.731. The average molecular weight is 265 g/mol. The van der Waals surface area contributed by atoms with E-state index in [0.29, 0.717) is 6.04 Å². The van der Waals surface area contributed by atoms with Crippen LogP contribution in [0.4, 0.5) is 0 Å². The second-order valence-electron chi connectivity index (χ2n) is 5.41. The molecule has 1 rings (SSSR count). The first-order chi connectivity index (χ1) is 9.26. The van der Waals surface area contributed by atoms with Crippen molar-refractivity contribution in [3.63, 3.8) is 0 Å². The summed E-state index contributed by atoms with van der Waals surface area (Å²) in [6, 6.07) is 0.468. The maximum atomic E-state index is 4.49. The predicted molar refractivity (Wildman–Crippen MR) is 82.2 cm³/mol. The van der Waals surface area contributed by atoms with E-state index in [9.17, 15) is 0 Å². The van der Waals surface area contributed by atoms with Gasteiger partial charge < -0.3 is 5.32 Å². The summed E-state index contributed by atoms with van der Waals surface area (Å²) >= 11 is 0. The van der Waals surface area contributed by atoms with Gasteiger partial charge in [-0.05, 0) is 31.7 Å². The molecule has 1 atom stereocenters. The van der Waals surface area contributed by atoms with Gasteiger partial charge in [0.15, 0.2) is 0 Å². The zero-order valence-corrected chi connectivity index (χ0v) is 13.2. The van der Waals surface area contributed by atoms with Crippen LogP contribution in [0.2, 0.25) is 0 Å². The monoisotopic (exact) mass is 265 g/mol. The third-order valence-corrected chi connectivity index (χ3v) is 3.68. The lowest BCUT2D eigenvalue weighted by atomic mass is 9.87. The molecule has 0 fully saturated rings. The van der Waals surface area contributed by atoms with Crippen LogP contribution in [0.15, 0.2) is 12.4 Å². The number of hydrogen-bond donors (Lipinski definition) is 1. The lowest BCUT2D eigenvalue weighted by molar-refractivity contribution is 0.320. The second-order valence-corrected chi connectivity index (χ2v) is 5.41. The van der Waals surface area contributed by atoms with Crippen LogP contribution in [0, 0.1) is 5.92 Å². The Labute approximate surface area is 118 Å². The molecule has 3 nitrogen and oxygen atoms in total. The van der Waals surface area contributed by atoms with Gasteiger partial charge in [-0.3, -0.25) is 4.68 Å². The summed E-state index contributed by atoms with van der Waals surface area (Å²) in [5, 5.41) is 8.16. The predicted octanol–water partition coefficient (Wildman–Crippen LogP) is 4.16. The van der Waals surface area contributed by atoms with Crippen LogP contribution < -0.4 is 5.32 Å². The van der Waals surface area contributed by atoms with Crippen LogP contribution in [0.25, 0.3) is 0 Å². The number of aryl methyl sites for hydroxylation is 1. The summed E-state index contributed by atoms with van der Waals surface area (Å²) in [4.78, 5) is 0. The van der Waals surface area contributed by atoms with E-state index in [0.717, 1.165) is 25.4 Å². The maximum Gasteiger partial charge on any atom is 0.0537 e. The van der Waals surface area contributed by atoms with Crippen molar-refractivity contribution in [2.75, 3.05) is 6.54 Å². The first-order valence-corrected chi connectivity index (χ1v) is 8.02. The quantitative estimate of drug-likeness (QED) is 0.688. The summed E-state index contributed by atoms with van der Waals surface area (Å²) in [6.07, 6.45) is 10.5. The summed E-state index contributed by atoms with van der Waals surface area (Å²) in [7, 11) is 0. The molecule has 0 saturated carbocycles. The van der Waals surface area contributed by atoms with Gasteiger partial charge in [-0.2, -0.15) is 5.10 Å². The number of nitrogens with zero attached hydrogens (tertiary/aromatic N) is 2. The van der Waals surface area contributed by atoms with Gasteiger partial charge >= 0.3 is 0 Å². The zero-order chi connectivity index (χ0) is 14.1. The van der Waals surface area contributed by atoms with E-state index in [4.69, 9.17) is 0 Å². The Morgan fingerprint density at radius 2 is 1.79 bits per heavy atom. The first kappa shape index (κ1) is 16.2. The van der Waals surface area contributed by atoms with E-state index in [1.807, 2.05) is 0 Å². The van der Waals surface area contributed by atoms with Crippen LogP contribution >= 0.6 is 0 Å². The molecule has 1 heterocycles. The Hall–Kier alpha value is -0.830. The van der Waals surface area contributed by atoms with Crippen molar-refractivity contribution in [3.8, 4) is 0 Å². The van der Waals surface area contributed by atoms with E-state index < -0.39 is 0 Å². The van der Waals surface area contributed by atoms with Crippen LogP contribution in [0.5, 0.6) is 0 Å². The lowest BCUT2D eigenvalue weighted by Crippen LogP contribution is -2.28. The van der Waals surface area contributed by atoms with Crippen LogP contribution in [0.1, 0.15) is 71.4 Å². The summed E-state index contributed by atoms with van der Waals surface area (Å²) in [5.41, 5.74) is 1.36. The van der Waals surface area contributed by atoms with Gasteiger partial charge in [0, 0.05) is 24.3 Å². The highest BCUT2D eigenvalue weighted by atomic mass is 15.3. The Balaban J connectivity index is 2.82. The van der Waals surface area contributed by atoms with E-state index >= 15 is 0 Å². The van der Waals surface area contributed by atoms with Gasteiger partial charge in [0.1, 0.15) is 0 Å². The number of hydrogen-bond acceptors (Lipinski definition) is 2. The molecule has 0 aliphatic carbocycles. The molecule has 0 amide bonds. The van der Waals surface area contributed by atoms with E-state index in [-0.39, 0.29) is 0 Å². The highest BCUT2D eigenvalue weighted by molar-refractivity contribution is 5.12. The molecule has 1 aromatic heterocycles. The summed E-state index contributed by atoms with van der Waals surface area (Å²) in [6.45, 7) is 11.0. The molecule has 0 bridgehead atoms. The summed E-state index contributed by atoms with van der Waals surface area (Å²) < 4.78 is 2.08. The minimum Gasteiger partial charge on any atom is -0.310 e. The molecule has 0 saturated heterocycles. The molecule has 110 valence electrons. The minimum atomic E-state index is 0.468. The van der Waals surface area contributed by atoms with Crippen molar-refractivity contribution >= 4 is 0 Å².